The van der Waals surface area contributed by atoms with Crippen molar-refractivity contribution in [1.29, 1.82) is 0 Å². The summed E-state index contributed by atoms with van der Waals surface area (Å²) in [5.41, 5.74) is 11.9. The molecule has 0 spiro atoms. The average Bonchev–Trinajstić information content (AvgIpc) is 3.94. The summed E-state index contributed by atoms with van der Waals surface area (Å²) in [6, 6.07) is 63.6. The number of para-hydroxylation sites is 4. The number of allylic oxidation sites excluding steroid dienone is 2. The predicted molar refractivity (Wildman–Crippen MR) is 248 cm³/mol. The number of hydrogen-bond donors (Lipinski definition) is 0. The summed E-state index contributed by atoms with van der Waals surface area (Å²) >= 11 is 0. The van der Waals surface area contributed by atoms with Crippen LogP contribution in [0.4, 0.5) is 22.7 Å². The summed E-state index contributed by atoms with van der Waals surface area (Å²) in [4.78, 5) is 5.19. The van der Waals surface area contributed by atoms with Crippen LogP contribution in [-0.4, -0.2) is 21.2 Å². The Bertz CT molecular complexity index is 2810. The van der Waals surface area contributed by atoms with Gasteiger partial charge in [-0.1, -0.05) is 110 Å². The first-order chi connectivity index (χ1) is 29.2. The Balaban J connectivity index is 0.963. The van der Waals surface area contributed by atoms with E-state index in [1.54, 1.807) is 0 Å². The molecule has 5 unspecified atom stereocenters. The van der Waals surface area contributed by atoms with Crippen LogP contribution in [0.25, 0.3) is 55.0 Å². The molecule has 0 amide bonds. The van der Waals surface area contributed by atoms with E-state index in [0.717, 1.165) is 28.4 Å². The maximum Gasteiger partial charge on any atom is 0.0545 e. The van der Waals surface area contributed by atoms with E-state index in [1.165, 1.54) is 68.6 Å². The summed E-state index contributed by atoms with van der Waals surface area (Å²) in [5.74, 6) is 1.98. The molecular formula is C55H46N4. The maximum atomic E-state index is 2.77. The summed E-state index contributed by atoms with van der Waals surface area (Å²) in [6.45, 7) is 2.48. The second-order valence-electron chi connectivity index (χ2n) is 16.9. The van der Waals surface area contributed by atoms with Crippen molar-refractivity contribution in [2.24, 2.45) is 17.8 Å². The Labute approximate surface area is 345 Å². The summed E-state index contributed by atoms with van der Waals surface area (Å²) in [5, 5.41) is 5.09. The lowest BCUT2D eigenvalue weighted by Crippen LogP contribution is -2.43. The third-order valence-electron chi connectivity index (χ3n) is 13.8. The molecule has 59 heavy (non-hydrogen) atoms. The molecule has 4 nitrogen and oxygen atoms in total. The second-order valence-corrected chi connectivity index (χ2v) is 16.9. The fourth-order valence-electron chi connectivity index (χ4n) is 11.3. The molecule has 1 saturated carbocycles. The Morgan fingerprint density at radius 3 is 1.31 bits per heavy atom. The highest BCUT2D eigenvalue weighted by atomic mass is 15.2. The van der Waals surface area contributed by atoms with Crippen molar-refractivity contribution >= 4 is 66.4 Å². The van der Waals surface area contributed by atoms with Crippen LogP contribution in [0, 0.1) is 17.8 Å². The normalized spacial score (nSPS) is 21.1. The van der Waals surface area contributed by atoms with Gasteiger partial charge in [-0.25, -0.2) is 0 Å². The van der Waals surface area contributed by atoms with Crippen molar-refractivity contribution in [3.8, 4) is 11.4 Å². The highest BCUT2D eigenvalue weighted by molar-refractivity contribution is 6.10. The van der Waals surface area contributed by atoms with Gasteiger partial charge in [-0.05, 0) is 122 Å². The highest BCUT2D eigenvalue weighted by Crippen LogP contribution is 2.50. The van der Waals surface area contributed by atoms with E-state index < -0.39 is 0 Å². The van der Waals surface area contributed by atoms with E-state index in [-0.39, 0.29) is 0 Å². The van der Waals surface area contributed by atoms with Crippen LogP contribution in [0.15, 0.2) is 194 Å². The Morgan fingerprint density at radius 2 is 0.847 bits per heavy atom. The molecule has 2 aliphatic carbocycles. The highest BCUT2D eigenvalue weighted by Gasteiger charge is 2.50. The van der Waals surface area contributed by atoms with E-state index in [4.69, 9.17) is 0 Å². The fourth-order valence-corrected chi connectivity index (χ4v) is 11.3. The van der Waals surface area contributed by atoms with E-state index in [1.807, 2.05) is 0 Å². The topological polar surface area (TPSA) is 16.3 Å². The molecule has 2 fully saturated rings. The lowest BCUT2D eigenvalue weighted by molar-refractivity contribution is 0.239. The van der Waals surface area contributed by atoms with Gasteiger partial charge >= 0.3 is 0 Å². The van der Waals surface area contributed by atoms with E-state index in [9.17, 15) is 0 Å². The zero-order valence-corrected chi connectivity index (χ0v) is 33.3. The quantitative estimate of drug-likeness (QED) is 0.168. The van der Waals surface area contributed by atoms with Gasteiger partial charge in [0, 0.05) is 67.6 Å². The van der Waals surface area contributed by atoms with Crippen LogP contribution in [0.5, 0.6) is 0 Å². The first kappa shape index (κ1) is 34.3. The zero-order chi connectivity index (χ0) is 39.0. The Morgan fingerprint density at radius 1 is 0.441 bits per heavy atom. The van der Waals surface area contributed by atoms with E-state index in [0.29, 0.717) is 29.8 Å². The second kappa shape index (κ2) is 13.7. The smallest absolute Gasteiger partial charge is 0.0545 e. The third kappa shape index (κ3) is 5.36. The number of anilines is 4. The van der Waals surface area contributed by atoms with Crippen LogP contribution in [0.1, 0.15) is 26.2 Å². The summed E-state index contributed by atoms with van der Waals surface area (Å²) in [6.07, 6.45) is 13.5. The Hall–Kier alpha value is -6.78. The molecule has 12 rings (SSSR count). The van der Waals surface area contributed by atoms with Crippen molar-refractivity contribution in [3.05, 3.63) is 194 Å². The minimum atomic E-state index is 0.416. The van der Waals surface area contributed by atoms with Crippen LogP contribution in [-0.2, 0) is 0 Å². The molecule has 3 heterocycles. The van der Waals surface area contributed by atoms with Gasteiger partial charge in [-0.2, -0.15) is 0 Å². The molecule has 2 aromatic heterocycles. The van der Waals surface area contributed by atoms with Crippen molar-refractivity contribution in [3.63, 3.8) is 0 Å². The van der Waals surface area contributed by atoms with E-state index in [2.05, 4.69) is 220 Å². The van der Waals surface area contributed by atoms with Crippen molar-refractivity contribution in [2.45, 2.75) is 38.3 Å². The number of benzene rings is 7. The minimum Gasteiger partial charge on any atom is -0.361 e. The van der Waals surface area contributed by atoms with Crippen LogP contribution in [0.3, 0.4) is 0 Å². The molecular weight excluding hydrogens is 717 g/mol. The minimum absolute atomic E-state index is 0.416. The average molecular weight is 763 g/mol. The molecule has 0 N–H and O–H groups in total. The number of fused-ring (bicyclic) bond motifs is 9. The van der Waals surface area contributed by atoms with Crippen LogP contribution in [0.2, 0.25) is 0 Å². The van der Waals surface area contributed by atoms with Gasteiger partial charge in [0.2, 0.25) is 0 Å². The number of nitrogens with zero attached hydrogens (tertiary/aromatic N) is 4. The van der Waals surface area contributed by atoms with Gasteiger partial charge in [0.15, 0.2) is 0 Å². The molecule has 1 saturated heterocycles. The van der Waals surface area contributed by atoms with Gasteiger partial charge < -0.3 is 18.9 Å². The Kier molecular flexibility index (Phi) is 7.94. The van der Waals surface area contributed by atoms with Crippen molar-refractivity contribution < 1.29 is 0 Å². The first-order valence-electron chi connectivity index (χ1n) is 21.4. The van der Waals surface area contributed by atoms with Gasteiger partial charge in [-0.3, -0.25) is 0 Å². The van der Waals surface area contributed by atoms with Crippen LogP contribution < -0.4 is 9.80 Å². The van der Waals surface area contributed by atoms with Crippen molar-refractivity contribution in [1.82, 2.24) is 9.13 Å². The molecule has 4 heteroatoms. The first-order valence-corrected chi connectivity index (χ1v) is 21.4. The monoisotopic (exact) mass is 762 g/mol. The van der Waals surface area contributed by atoms with Crippen LogP contribution >= 0.6 is 0 Å². The summed E-state index contributed by atoms with van der Waals surface area (Å²) < 4.78 is 4.79. The lowest BCUT2D eigenvalue weighted by atomic mass is 9.73. The fraction of sp³-hybridized carbons (Fsp3) is 0.164. The standard InChI is InChI=1S/C55H46N4/c1-37-13-12-19-49-48-18-6-11-24-54(48)59(55(37)49)43-35-29-40(30-36-43)56(38-25-31-41(32-26-38)57-50-20-7-2-14-44(50)45-15-3-8-21-51(45)57)39-27-33-42(34-28-39)58-52-22-9-4-16-46(52)47-17-5-10-23-53(47)58/h2-11,14-18,20-37,48-49,54-55H,12-13,19H2,1H3. The maximum absolute atomic E-state index is 2.77. The zero-order valence-electron chi connectivity index (χ0n) is 33.3. The number of hydrogen-bond acceptors (Lipinski definition) is 2. The molecule has 1 aliphatic heterocycles. The van der Waals surface area contributed by atoms with Gasteiger partial charge in [0.25, 0.3) is 0 Å². The molecule has 0 radical (unpaired) electrons. The lowest BCUT2D eigenvalue weighted by Gasteiger charge is -2.39. The van der Waals surface area contributed by atoms with E-state index >= 15 is 0 Å². The number of aromatic nitrogens is 2. The number of rotatable bonds is 6. The molecule has 286 valence electrons. The molecule has 9 aromatic rings. The van der Waals surface area contributed by atoms with Gasteiger partial charge in [0.05, 0.1) is 28.1 Å². The third-order valence-corrected chi connectivity index (χ3v) is 13.8. The molecule has 3 aliphatic rings. The van der Waals surface area contributed by atoms with Crippen molar-refractivity contribution in [2.75, 3.05) is 9.80 Å². The predicted octanol–water partition coefficient (Wildman–Crippen LogP) is 14.1. The summed E-state index contributed by atoms with van der Waals surface area (Å²) in [7, 11) is 0. The largest absolute Gasteiger partial charge is 0.361 e. The van der Waals surface area contributed by atoms with Gasteiger partial charge in [-0.15, -0.1) is 0 Å². The SMILES string of the molecule is CC1CCCC2C3C=CC=CC3N(c3ccc(N(c4ccc(-n5c6ccccc6c6ccccc65)cc4)c4ccc(-n5c6ccccc6c6ccccc65)cc4)cc3)C12. The van der Waals surface area contributed by atoms with Gasteiger partial charge in [0.1, 0.15) is 0 Å². The molecule has 7 aromatic carbocycles. The molecule has 5 atom stereocenters. The molecule has 0 bridgehead atoms.